The van der Waals surface area contributed by atoms with Gasteiger partial charge in [0.2, 0.25) is 0 Å². The Balaban J connectivity index is 1.97. The standard InChI is InChI=1S/C14H25BrN4/c1-4-12-14(15)13(19(5-2)17-12)10-16-11-6-8-18(3)9-7-11/h11,16H,4-10H2,1-3H3. The minimum Gasteiger partial charge on any atom is -0.308 e. The smallest absolute Gasteiger partial charge is 0.0767 e. The lowest BCUT2D eigenvalue weighted by atomic mass is 10.1. The third-order valence-electron chi connectivity index (χ3n) is 3.97. The summed E-state index contributed by atoms with van der Waals surface area (Å²) in [7, 11) is 2.20. The van der Waals surface area contributed by atoms with Crippen LogP contribution in [0.2, 0.25) is 0 Å². The molecule has 0 amide bonds. The van der Waals surface area contributed by atoms with E-state index in [0.29, 0.717) is 6.04 Å². The van der Waals surface area contributed by atoms with E-state index < -0.39 is 0 Å². The molecule has 2 rings (SSSR count). The third kappa shape index (κ3) is 3.58. The largest absolute Gasteiger partial charge is 0.308 e. The van der Waals surface area contributed by atoms with Crippen molar-refractivity contribution in [3.05, 3.63) is 15.9 Å². The Morgan fingerprint density at radius 2 is 2.00 bits per heavy atom. The monoisotopic (exact) mass is 328 g/mol. The topological polar surface area (TPSA) is 33.1 Å². The highest BCUT2D eigenvalue weighted by Gasteiger charge is 2.18. The highest BCUT2D eigenvalue weighted by molar-refractivity contribution is 9.10. The van der Waals surface area contributed by atoms with Gasteiger partial charge in [-0.05, 0) is 62.3 Å². The van der Waals surface area contributed by atoms with Crippen LogP contribution < -0.4 is 5.32 Å². The normalized spacial score (nSPS) is 18.1. The van der Waals surface area contributed by atoms with E-state index >= 15 is 0 Å². The first-order valence-corrected chi connectivity index (χ1v) is 8.11. The van der Waals surface area contributed by atoms with Crippen LogP contribution >= 0.6 is 15.9 Å². The molecule has 1 saturated heterocycles. The van der Waals surface area contributed by atoms with Crippen molar-refractivity contribution in [2.45, 2.75) is 52.2 Å². The van der Waals surface area contributed by atoms with Crippen LogP contribution in [0.25, 0.3) is 0 Å². The number of likely N-dealkylation sites (tertiary alicyclic amines) is 1. The maximum atomic E-state index is 4.64. The summed E-state index contributed by atoms with van der Waals surface area (Å²) in [4.78, 5) is 2.40. The lowest BCUT2D eigenvalue weighted by Gasteiger charge is -2.29. The number of aromatic nitrogens is 2. The van der Waals surface area contributed by atoms with Gasteiger partial charge in [-0.15, -0.1) is 0 Å². The highest BCUT2D eigenvalue weighted by Crippen LogP contribution is 2.22. The van der Waals surface area contributed by atoms with E-state index in [2.05, 4.69) is 56.8 Å². The summed E-state index contributed by atoms with van der Waals surface area (Å²) >= 11 is 3.71. The minimum absolute atomic E-state index is 0.647. The molecule has 1 aliphatic heterocycles. The maximum absolute atomic E-state index is 4.64. The van der Waals surface area contributed by atoms with Gasteiger partial charge in [-0.1, -0.05) is 6.92 Å². The van der Waals surface area contributed by atoms with Crippen molar-refractivity contribution in [3.8, 4) is 0 Å². The number of piperidine rings is 1. The summed E-state index contributed by atoms with van der Waals surface area (Å²) in [6.07, 6.45) is 3.47. The zero-order valence-corrected chi connectivity index (χ0v) is 13.8. The summed E-state index contributed by atoms with van der Waals surface area (Å²) < 4.78 is 3.31. The van der Waals surface area contributed by atoms with Crippen molar-refractivity contribution < 1.29 is 0 Å². The Morgan fingerprint density at radius 1 is 1.32 bits per heavy atom. The van der Waals surface area contributed by atoms with Gasteiger partial charge in [0.15, 0.2) is 0 Å². The van der Waals surface area contributed by atoms with Crippen LogP contribution in [0.3, 0.4) is 0 Å². The van der Waals surface area contributed by atoms with E-state index in [-0.39, 0.29) is 0 Å². The SMILES string of the molecule is CCc1nn(CC)c(CNC2CCN(C)CC2)c1Br. The minimum atomic E-state index is 0.647. The molecule has 0 unspecified atom stereocenters. The first-order valence-electron chi connectivity index (χ1n) is 7.31. The zero-order valence-electron chi connectivity index (χ0n) is 12.2. The molecule has 1 fully saturated rings. The summed E-state index contributed by atoms with van der Waals surface area (Å²) in [5.41, 5.74) is 2.46. The van der Waals surface area contributed by atoms with Crippen LogP contribution in [0.5, 0.6) is 0 Å². The molecule has 0 aromatic carbocycles. The van der Waals surface area contributed by atoms with E-state index in [1.165, 1.54) is 41.8 Å². The van der Waals surface area contributed by atoms with E-state index in [4.69, 9.17) is 0 Å². The maximum Gasteiger partial charge on any atom is 0.0767 e. The second-order valence-electron chi connectivity index (χ2n) is 5.34. The molecule has 19 heavy (non-hydrogen) atoms. The number of aryl methyl sites for hydroxylation is 2. The van der Waals surface area contributed by atoms with E-state index in [1.54, 1.807) is 0 Å². The Bertz CT molecular complexity index is 408. The number of nitrogens with one attached hydrogen (secondary N) is 1. The molecule has 0 aliphatic carbocycles. The predicted molar refractivity (Wildman–Crippen MR) is 82.3 cm³/mol. The summed E-state index contributed by atoms with van der Waals surface area (Å²) in [5, 5.41) is 8.34. The number of halogens is 1. The molecule has 0 atom stereocenters. The van der Waals surface area contributed by atoms with Crippen molar-refractivity contribution in [3.63, 3.8) is 0 Å². The van der Waals surface area contributed by atoms with Gasteiger partial charge in [0.1, 0.15) is 0 Å². The summed E-state index contributed by atoms with van der Waals surface area (Å²) in [5.74, 6) is 0. The third-order valence-corrected chi connectivity index (χ3v) is 4.89. The first kappa shape index (κ1) is 15.0. The summed E-state index contributed by atoms with van der Waals surface area (Å²) in [6.45, 7) is 8.55. The van der Waals surface area contributed by atoms with E-state index in [9.17, 15) is 0 Å². The van der Waals surface area contributed by atoms with Crippen LogP contribution in [0, 0.1) is 0 Å². The molecule has 108 valence electrons. The molecule has 0 radical (unpaired) electrons. The molecule has 2 heterocycles. The number of hydrogen-bond donors (Lipinski definition) is 1. The quantitative estimate of drug-likeness (QED) is 0.901. The van der Waals surface area contributed by atoms with Crippen molar-refractivity contribution in [1.82, 2.24) is 20.0 Å². The van der Waals surface area contributed by atoms with Crippen LogP contribution in [0.1, 0.15) is 38.1 Å². The Hall–Kier alpha value is -0.390. The second-order valence-corrected chi connectivity index (χ2v) is 6.13. The van der Waals surface area contributed by atoms with Gasteiger partial charge in [-0.3, -0.25) is 4.68 Å². The zero-order chi connectivity index (χ0) is 13.8. The Morgan fingerprint density at radius 3 is 2.58 bits per heavy atom. The molecule has 0 bridgehead atoms. The van der Waals surface area contributed by atoms with Gasteiger partial charge < -0.3 is 10.2 Å². The van der Waals surface area contributed by atoms with Gasteiger partial charge in [0.25, 0.3) is 0 Å². The Kier molecular flexibility index (Phi) is 5.42. The van der Waals surface area contributed by atoms with Crippen molar-refractivity contribution >= 4 is 15.9 Å². The van der Waals surface area contributed by atoms with Crippen LogP contribution in [-0.2, 0) is 19.5 Å². The van der Waals surface area contributed by atoms with Crippen molar-refractivity contribution in [1.29, 1.82) is 0 Å². The second kappa shape index (κ2) is 6.86. The molecule has 5 heteroatoms. The highest BCUT2D eigenvalue weighted by atomic mass is 79.9. The lowest BCUT2D eigenvalue weighted by Crippen LogP contribution is -2.40. The average Bonchev–Trinajstić information content (AvgIpc) is 2.74. The number of rotatable bonds is 5. The number of hydrogen-bond acceptors (Lipinski definition) is 3. The van der Waals surface area contributed by atoms with Gasteiger partial charge in [0.05, 0.1) is 15.9 Å². The van der Waals surface area contributed by atoms with Gasteiger partial charge in [0, 0.05) is 19.1 Å². The molecular weight excluding hydrogens is 304 g/mol. The Labute approximate surface area is 124 Å². The molecular formula is C14H25BrN4. The molecule has 1 aromatic heterocycles. The molecule has 1 N–H and O–H groups in total. The van der Waals surface area contributed by atoms with Crippen molar-refractivity contribution in [2.24, 2.45) is 0 Å². The summed E-state index contributed by atoms with van der Waals surface area (Å²) in [6, 6.07) is 0.647. The van der Waals surface area contributed by atoms with Gasteiger partial charge in [-0.25, -0.2) is 0 Å². The van der Waals surface area contributed by atoms with Crippen LogP contribution in [0.4, 0.5) is 0 Å². The molecule has 0 saturated carbocycles. The fourth-order valence-electron chi connectivity index (χ4n) is 2.64. The molecule has 4 nitrogen and oxygen atoms in total. The van der Waals surface area contributed by atoms with E-state index in [0.717, 1.165) is 19.5 Å². The fraction of sp³-hybridized carbons (Fsp3) is 0.786. The fourth-order valence-corrected chi connectivity index (χ4v) is 3.34. The first-order chi connectivity index (χ1) is 9.15. The average molecular weight is 329 g/mol. The van der Waals surface area contributed by atoms with Crippen molar-refractivity contribution in [2.75, 3.05) is 20.1 Å². The van der Waals surface area contributed by atoms with Crippen LogP contribution in [-0.4, -0.2) is 40.9 Å². The molecule has 1 aliphatic rings. The van der Waals surface area contributed by atoms with Crippen LogP contribution in [0.15, 0.2) is 4.47 Å². The van der Waals surface area contributed by atoms with Gasteiger partial charge >= 0.3 is 0 Å². The van der Waals surface area contributed by atoms with Gasteiger partial charge in [-0.2, -0.15) is 5.10 Å². The predicted octanol–water partition coefficient (Wildman–Crippen LogP) is 2.41. The lowest BCUT2D eigenvalue weighted by molar-refractivity contribution is 0.233. The molecule has 1 aromatic rings. The van der Waals surface area contributed by atoms with E-state index in [1.807, 2.05) is 0 Å². The molecule has 0 spiro atoms. The number of nitrogens with zero attached hydrogens (tertiary/aromatic N) is 3.